The highest BCUT2D eigenvalue weighted by atomic mass is 35.5. The minimum Gasteiger partial charge on any atom is -0.463 e. The van der Waals surface area contributed by atoms with Gasteiger partial charge in [0.25, 0.3) is 5.56 Å². The van der Waals surface area contributed by atoms with Crippen LogP contribution < -0.4 is 19.6 Å². The molecule has 1 atom stereocenters. The quantitative estimate of drug-likeness (QED) is 0.367. The lowest BCUT2D eigenvalue weighted by Crippen LogP contribution is -2.39. The number of carbonyl (C=O) groups excluding carboxylic acids is 2. The first-order chi connectivity index (χ1) is 16.7. The predicted molar refractivity (Wildman–Crippen MR) is 135 cm³/mol. The number of halogens is 2. The Labute approximate surface area is 214 Å². The lowest BCUT2D eigenvalue weighted by molar-refractivity contribution is -0.139. The molecule has 35 heavy (non-hydrogen) atoms. The molecule has 0 saturated heterocycles. The zero-order chi connectivity index (χ0) is 25.3. The number of hydrogen-bond acceptors (Lipinski definition) is 7. The molecule has 0 unspecified atom stereocenters. The third-order valence-corrected chi connectivity index (χ3v) is 6.77. The van der Waals surface area contributed by atoms with Gasteiger partial charge in [-0.2, -0.15) is 0 Å². The molecule has 2 aromatic carbocycles. The van der Waals surface area contributed by atoms with Crippen molar-refractivity contribution >= 4 is 52.6 Å². The number of nitrogens with zero attached hydrogens (tertiary/aromatic N) is 2. The van der Waals surface area contributed by atoms with Crippen molar-refractivity contribution in [3.05, 3.63) is 94.6 Å². The van der Waals surface area contributed by atoms with Crippen molar-refractivity contribution in [1.82, 2.24) is 4.57 Å². The van der Waals surface area contributed by atoms with Gasteiger partial charge in [-0.1, -0.05) is 52.7 Å². The van der Waals surface area contributed by atoms with Gasteiger partial charge in [0, 0.05) is 17.0 Å². The molecule has 0 radical (unpaired) electrons. The van der Waals surface area contributed by atoms with Crippen LogP contribution in [0, 0.1) is 0 Å². The van der Waals surface area contributed by atoms with Crippen LogP contribution in [-0.4, -0.2) is 23.1 Å². The van der Waals surface area contributed by atoms with E-state index in [0.29, 0.717) is 42.0 Å². The fraction of sp³-hybridized carbons (Fsp3) is 0.200. The predicted octanol–water partition coefficient (Wildman–Crippen LogP) is 4.03. The van der Waals surface area contributed by atoms with E-state index in [0.717, 1.165) is 0 Å². The Morgan fingerprint density at radius 3 is 2.51 bits per heavy atom. The maximum atomic E-state index is 13.6. The zero-order valence-corrected chi connectivity index (χ0v) is 21.3. The van der Waals surface area contributed by atoms with Gasteiger partial charge >= 0.3 is 11.9 Å². The second-order valence-corrected chi connectivity index (χ2v) is 9.48. The maximum Gasteiger partial charge on any atom is 0.338 e. The van der Waals surface area contributed by atoms with Gasteiger partial charge in [-0.3, -0.25) is 14.2 Å². The largest absolute Gasteiger partial charge is 0.463 e. The summed E-state index contributed by atoms with van der Waals surface area (Å²) in [5.41, 5.74) is 1.65. The summed E-state index contributed by atoms with van der Waals surface area (Å²) in [5, 5.41) is 0.893. The molecule has 0 N–H and O–H groups in total. The van der Waals surface area contributed by atoms with Gasteiger partial charge < -0.3 is 9.47 Å². The van der Waals surface area contributed by atoms with E-state index in [-0.39, 0.29) is 17.7 Å². The van der Waals surface area contributed by atoms with Crippen molar-refractivity contribution in [2.24, 2.45) is 4.99 Å². The van der Waals surface area contributed by atoms with Gasteiger partial charge in [0.15, 0.2) is 4.80 Å². The molecule has 1 aromatic heterocycles. The van der Waals surface area contributed by atoms with E-state index in [1.165, 1.54) is 22.8 Å². The summed E-state index contributed by atoms with van der Waals surface area (Å²) in [6, 6.07) is 10.9. The molecule has 7 nitrogen and oxygen atoms in total. The number of ether oxygens (including phenoxy) is 2. The molecule has 0 amide bonds. The average molecular weight is 531 g/mol. The fourth-order valence-corrected chi connectivity index (χ4v) is 5.25. The summed E-state index contributed by atoms with van der Waals surface area (Å²) in [4.78, 5) is 42.8. The van der Waals surface area contributed by atoms with Crippen molar-refractivity contribution in [3.63, 3.8) is 0 Å². The van der Waals surface area contributed by atoms with Gasteiger partial charge in [0.05, 0.1) is 28.5 Å². The number of carbonyl (C=O) groups is 2. The number of allylic oxidation sites excluding steroid dienone is 1. The molecule has 1 aliphatic rings. The van der Waals surface area contributed by atoms with Crippen LogP contribution in [0.3, 0.4) is 0 Å². The topological polar surface area (TPSA) is 87.0 Å². The summed E-state index contributed by atoms with van der Waals surface area (Å²) in [5.74, 6) is -0.656. The fourth-order valence-electron chi connectivity index (χ4n) is 3.75. The molecule has 0 saturated carbocycles. The van der Waals surface area contributed by atoms with Crippen LogP contribution in [0.15, 0.2) is 63.5 Å². The minimum absolute atomic E-state index is 0.174. The lowest BCUT2D eigenvalue weighted by Gasteiger charge is -2.24. The van der Waals surface area contributed by atoms with Crippen LogP contribution in [0.5, 0.6) is 5.75 Å². The summed E-state index contributed by atoms with van der Waals surface area (Å²) in [6.07, 6.45) is 1.67. The monoisotopic (exact) mass is 530 g/mol. The highest BCUT2D eigenvalue weighted by molar-refractivity contribution is 7.07. The van der Waals surface area contributed by atoms with Crippen LogP contribution in [-0.2, 0) is 14.3 Å². The molecule has 4 rings (SSSR count). The second kappa shape index (κ2) is 10.2. The first-order valence-corrected chi connectivity index (χ1v) is 12.2. The number of rotatable bonds is 5. The third kappa shape index (κ3) is 5.10. The van der Waals surface area contributed by atoms with Crippen molar-refractivity contribution in [3.8, 4) is 5.75 Å². The highest BCUT2D eigenvalue weighted by Gasteiger charge is 2.33. The Morgan fingerprint density at radius 1 is 1.17 bits per heavy atom. The molecule has 0 aliphatic carbocycles. The van der Waals surface area contributed by atoms with Crippen molar-refractivity contribution in [2.45, 2.75) is 26.8 Å². The molecule has 3 aromatic rings. The van der Waals surface area contributed by atoms with E-state index in [2.05, 4.69) is 4.99 Å². The molecule has 0 bridgehead atoms. The molecule has 0 spiro atoms. The number of fused-ring (bicyclic) bond motifs is 1. The number of hydrogen-bond donors (Lipinski definition) is 0. The molecular formula is C25H20Cl2N2O5S. The Hall–Kier alpha value is -3.20. The summed E-state index contributed by atoms with van der Waals surface area (Å²) >= 11 is 13.5. The SMILES string of the molecule is CCOC(=O)C1=C(C)N=c2s/c(=C\c3ccc(Cl)cc3Cl)c(=O)n2[C@H]1c1ccc(OC(C)=O)cc1. The van der Waals surface area contributed by atoms with Gasteiger partial charge in [-0.25, -0.2) is 9.79 Å². The van der Waals surface area contributed by atoms with Crippen LogP contribution in [0.4, 0.5) is 0 Å². The summed E-state index contributed by atoms with van der Waals surface area (Å²) in [6.45, 7) is 4.90. The van der Waals surface area contributed by atoms with Gasteiger partial charge in [0.1, 0.15) is 5.75 Å². The second-order valence-electron chi connectivity index (χ2n) is 7.63. The number of esters is 2. The molecule has 2 heterocycles. The third-order valence-electron chi connectivity index (χ3n) is 5.22. The first kappa shape index (κ1) is 24.9. The Morgan fingerprint density at radius 2 is 1.89 bits per heavy atom. The normalized spacial score (nSPS) is 15.5. The minimum atomic E-state index is -0.778. The van der Waals surface area contributed by atoms with Gasteiger partial charge in [-0.15, -0.1) is 0 Å². The Kier molecular flexibility index (Phi) is 7.25. The van der Waals surface area contributed by atoms with Crippen molar-refractivity contribution in [1.29, 1.82) is 0 Å². The van der Waals surface area contributed by atoms with E-state index < -0.39 is 18.0 Å². The van der Waals surface area contributed by atoms with Crippen molar-refractivity contribution in [2.75, 3.05) is 6.61 Å². The van der Waals surface area contributed by atoms with E-state index in [4.69, 9.17) is 32.7 Å². The summed E-state index contributed by atoms with van der Waals surface area (Å²) < 4.78 is 12.3. The molecule has 1 aliphatic heterocycles. The van der Waals surface area contributed by atoms with Crippen LogP contribution in [0.25, 0.3) is 6.08 Å². The van der Waals surface area contributed by atoms with E-state index in [1.54, 1.807) is 62.4 Å². The number of thiazole rings is 1. The number of benzene rings is 2. The van der Waals surface area contributed by atoms with E-state index in [1.807, 2.05) is 0 Å². The smallest absolute Gasteiger partial charge is 0.338 e. The Balaban J connectivity index is 1.91. The van der Waals surface area contributed by atoms with Crippen LogP contribution in [0.2, 0.25) is 10.0 Å². The van der Waals surface area contributed by atoms with E-state index >= 15 is 0 Å². The van der Waals surface area contributed by atoms with Crippen LogP contribution >= 0.6 is 34.5 Å². The summed E-state index contributed by atoms with van der Waals surface area (Å²) in [7, 11) is 0. The van der Waals surface area contributed by atoms with Crippen LogP contribution in [0.1, 0.15) is 37.9 Å². The van der Waals surface area contributed by atoms with Crippen molar-refractivity contribution < 1.29 is 19.1 Å². The molecular weight excluding hydrogens is 511 g/mol. The Bertz CT molecular complexity index is 1540. The lowest BCUT2D eigenvalue weighted by atomic mass is 9.96. The van der Waals surface area contributed by atoms with Gasteiger partial charge in [-0.05, 0) is 55.3 Å². The standard InChI is InChI=1S/C25H20Cl2N2O5S/c1-4-33-24(32)21-13(2)28-25-29(22(21)15-6-9-18(10-7-15)34-14(3)30)23(31)20(35-25)11-16-5-8-17(26)12-19(16)27/h5-12,22H,4H2,1-3H3/b20-11-/t22-/m0/s1. The van der Waals surface area contributed by atoms with Gasteiger partial charge in [0.2, 0.25) is 0 Å². The van der Waals surface area contributed by atoms with E-state index in [9.17, 15) is 14.4 Å². The maximum absolute atomic E-state index is 13.6. The highest BCUT2D eigenvalue weighted by Crippen LogP contribution is 2.31. The average Bonchev–Trinajstić information content (AvgIpc) is 3.09. The number of aromatic nitrogens is 1. The molecule has 10 heteroatoms. The molecule has 180 valence electrons. The first-order valence-electron chi connectivity index (χ1n) is 10.6. The molecule has 0 fully saturated rings. The zero-order valence-electron chi connectivity index (χ0n) is 19.0.